The average Bonchev–Trinajstić information content (AvgIpc) is 0.940. The van der Waals surface area contributed by atoms with Gasteiger partial charge in [0.25, 0.3) is 0 Å². The van der Waals surface area contributed by atoms with Gasteiger partial charge in [-0.2, -0.15) is 0 Å². The number of aliphatic hydroxyl groups is 1. The van der Waals surface area contributed by atoms with Crippen LogP contribution in [0, 0.1) is 0 Å². The Hall–Kier alpha value is -4.80. The first kappa shape index (κ1) is 95.2. The highest BCUT2D eigenvalue weighted by molar-refractivity contribution is 7.47. The second kappa shape index (κ2) is 72.5. The molecule has 0 aromatic carbocycles. The van der Waals surface area contributed by atoms with E-state index in [9.17, 15) is 43.2 Å². The predicted octanol–water partition coefficient (Wildman–Crippen LogP) is 22.1. The monoisotopic (exact) mass is 1440 g/mol. The molecule has 0 radical (unpaired) electrons. The summed E-state index contributed by atoms with van der Waals surface area (Å²) in [5.41, 5.74) is 0. The minimum atomic E-state index is -4.99. The van der Waals surface area contributed by atoms with Crippen LogP contribution in [0.3, 0.4) is 0 Å². The van der Waals surface area contributed by atoms with E-state index in [0.717, 1.165) is 173 Å². The summed E-state index contributed by atoms with van der Waals surface area (Å²) < 4.78 is 68.3. The van der Waals surface area contributed by atoms with Crippen LogP contribution in [0.1, 0.15) is 297 Å². The Morgan fingerprint density at radius 3 is 0.900 bits per heavy atom. The van der Waals surface area contributed by atoms with Gasteiger partial charge in [-0.15, -0.1) is 0 Å². The Bertz CT molecular complexity index is 2420. The van der Waals surface area contributed by atoms with Gasteiger partial charge in [0, 0.05) is 25.7 Å². The van der Waals surface area contributed by atoms with Crippen molar-refractivity contribution < 1.29 is 80.2 Å². The quantitative estimate of drug-likeness (QED) is 0.0169. The third-order valence-corrected chi connectivity index (χ3v) is 17.5. The molecule has 0 aliphatic carbocycles. The first-order valence-corrected chi connectivity index (χ1v) is 41.4. The van der Waals surface area contributed by atoms with Crippen LogP contribution in [0.25, 0.3) is 0 Å². The van der Waals surface area contributed by atoms with Gasteiger partial charge in [0.1, 0.15) is 19.3 Å². The molecule has 0 aromatic heterocycles. The molecule has 19 heteroatoms. The maximum absolute atomic E-state index is 13.1. The zero-order valence-electron chi connectivity index (χ0n) is 62.3. The van der Waals surface area contributed by atoms with Crippen molar-refractivity contribution in [2.45, 2.75) is 316 Å². The van der Waals surface area contributed by atoms with E-state index in [-0.39, 0.29) is 25.7 Å². The van der Waals surface area contributed by atoms with Crippen molar-refractivity contribution in [1.29, 1.82) is 0 Å². The molecule has 0 aliphatic heterocycles. The molecule has 0 aromatic rings. The third-order valence-electron chi connectivity index (χ3n) is 15.6. The molecule has 0 bridgehead atoms. The summed E-state index contributed by atoms with van der Waals surface area (Å²) in [6.07, 6.45) is 80.3. The number of phosphoric ester groups is 2. The fraction of sp³-hybridized carbons (Fsp3) is 0.679. The molecule has 0 saturated carbocycles. The highest BCUT2D eigenvalue weighted by atomic mass is 31.2. The third kappa shape index (κ3) is 71.6. The maximum Gasteiger partial charge on any atom is 0.472 e. The molecule has 5 atom stereocenters. The predicted molar refractivity (Wildman–Crippen MR) is 408 cm³/mol. The highest BCUT2D eigenvalue weighted by Gasteiger charge is 2.30. The van der Waals surface area contributed by atoms with Gasteiger partial charge in [0.05, 0.1) is 26.4 Å². The van der Waals surface area contributed by atoms with E-state index in [1.54, 1.807) is 0 Å². The zero-order valence-corrected chi connectivity index (χ0v) is 64.1. The van der Waals surface area contributed by atoms with Gasteiger partial charge in [-0.05, 0) is 141 Å². The Balaban J connectivity index is 5.38. The number of allylic oxidation sites excluding steroid dienone is 22. The summed E-state index contributed by atoms with van der Waals surface area (Å²) in [4.78, 5) is 72.8. The molecule has 572 valence electrons. The van der Waals surface area contributed by atoms with E-state index < -0.39 is 97.5 Å². The van der Waals surface area contributed by atoms with Gasteiger partial charge < -0.3 is 33.8 Å². The lowest BCUT2D eigenvalue weighted by Crippen LogP contribution is -2.30. The van der Waals surface area contributed by atoms with Gasteiger partial charge in [0.15, 0.2) is 12.2 Å². The number of phosphoric acid groups is 2. The number of carbonyl (C=O) groups is 4. The van der Waals surface area contributed by atoms with Gasteiger partial charge in [-0.3, -0.25) is 37.3 Å². The summed E-state index contributed by atoms with van der Waals surface area (Å²) in [5, 5.41) is 10.6. The fourth-order valence-electron chi connectivity index (χ4n) is 9.76. The van der Waals surface area contributed by atoms with Crippen LogP contribution in [-0.4, -0.2) is 96.7 Å². The topological polar surface area (TPSA) is 237 Å². The lowest BCUT2D eigenvalue weighted by Gasteiger charge is -2.21. The molecule has 0 spiro atoms. The molecular formula is C81H136O17P2. The van der Waals surface area contributed by atoms with Crippen molar-refractivity contribution in [1.82, 2.24) is 0 Å². The van der Waals surface area contributed by atoms with Gasteiger partial charge in [-0.1, -0.05) is 264 Å². The van der Waals surface area contributed by atoms with Gasteiger partial charge >= 0.3 is 39.5 Å². The number of ether oxygens (including phenoxy) is 4. The smallest absolute Gasteiger partial charge is 0.462 e. The number of hydrogen-bond donors (Lipinski definition) is 3. The van der Waals surface area contributed by atoms with E-state index in [1.165, 1.54) is 38.5 Å². The summed E-state index contributed by atoms with van der Waals surface area (Å²) in [7, 11) is -9.98. The van der Waals surface area contributed by atoms with Crippen LogP contribution in [-0.2, 0) is 65.4 Å². The molecule has 17 nitrogen and oxygen atoms in total. The maximum atomic E-state index is 13.1. The summed E-state index contributed by atoms with van der Waals surface area (Å²) in [6, 6.07) is 0. The van der Waals surface area contributed by atoms with Crippen molar-refractivity contribution in [3.63, 3.8) is 0 Å². The van der Waals surface area contributed by atoms with E-state index in [2.05, 4.69) is 143 Å². The van der Waals surface area contributed by atoms with E-state index in [4.69, 9.17) is 37.0 Å². The molecule has 100 heavy (non-hydrogen) atoms. The Morgan fingerprint density at radius 2 is 0.550 bits per heavy atom. The number of unbranched alkanes of at least 4 members (excludes halogenated alkanes) is 23. The number of carbonyl (C=O) groups excluding carboxylic acids is 4. The van der Waals surface area contributed by atoms with Crippen LogP contribution in [0.4, 0.5) is 0 Å². The molecule has 3 N–H and O–H groups in total. The van der Waals surface area contributed by atoms with E-state index in [0.29, 0.717) is 32.1 Å². The van der Waals surface area contributed by atoms with E-state index >= 15 is 0 Å². The van der Waals surface area contributed by atoms with Crippen molar-refractivity contribution in [2.75, 3.05) is 39.6 Å². The molecule has 0 amide bonds. The number of hydrogen-bond acceptors (Lipinski definition) is 15. The molecule has 0 fully saturated rings. The number of aliphatic hydroxyl groups excluding tert-OH is 1. The molecule has 5 unspecified atom stereocenters. The van der Waals surface area contributed by atoms with Crippen molar-refractivity contribution in [2.24, 2.45) is 0 Å². The van der Waals surface area contributed by atoms with Crippen LogP contribution in [0.2, 0.25) is 0 Å². The Labute approximate surface area is 605 Å². The van der Waals surface area contributed by atoms with Crippen LogP contribution in [0.15, 0.2) is 134 Å². The standard InChI is InChI=1S/C81H136O17P2/c1-5-9-13-17-21-25-29-32-34-36-37-39-41-44-47-50-54-58-62-66-79(84)92-72-77(98-81(86)68-64-60-56-52-48-42-31-27-23-19-15-11-7-3)74-96-100(89,90)94-70-75(82)69-93-99(87,88)95-73-76(97-80(85)67-63-59-55-51-45-28-24-20-16-12-8-4)71-91-78(83)65-61-57-53-49-46-43-40-38-35-33-30-26-22-18-14-10-6-2/h9-10,13-14,20-22,24-27,31-35,37,39,44,47,54,58,75-77,82H,5-8,11-12,15-19,23,28-30,36,38,40-43,45-46,48-53,55-57,59-74H2,1-4H3,(H,87,88)(H,89,90)/b13-9-,14-10-,24-20-,25-21-,26-22-,31-27-,34-32-,35-33-,39-37-,47-44-,58-54-. The van der Waals surface area contributed by atoms with Gasteiger partial charge in [-0.25, -0.2) is 9.13 Å². The first-order chi connectivity index (χ1) is 48.7. The lowest BCUT2D eigenvalue weighted by atomic mass is 10.1. The second-order valence-corrected chi connectivity index (χ2v) is 28.1. The average molecular weight is 1440 g/mol. The second-order valence-electron chi connectivity index (χ2n) is 25.2. The zero-order chi connectivity index (χ0) is 73.2. The minimum absolute atomic E-state index is 0.0321. The molecule has 0 saturated heterocycles. The molecule has 0 rings (SSSR count). The largest absolute Gasteiger partial charge is 0.472 e. The Morgan fingerprint density at radius 1 is 0.290 bits per heavy atom. The van der Waals surface area contributed by atoms with E-state index in [1.807, 2.05) is 18.2 Å². The summed E-state index contributed by atoms with van der Waals surface area (Å²) in [5.74, 6) is -2.30. The lowest BCUT2D eigenvalue weighted by molar-refractivity contribution is -0.161. The summed E-state index contributed by atoms with van der Waals surface area (Å²) >= 11 is 0. The van der Waals surface area contributed by atoms with Crippen LogP contribution >= 0.6 is 15.6 Å². The number of rotatable bonds is 71. The first-order valence-electron chi connectivity index (χ1n) is 38.4. The van der Waals surface area contributed by atoms with Crippen molar-refractivity contribution >= 4 is 39.5 Å². The SMILES string of the molecule is CC/C=C\C/C=C\C/C=C\C/C=C\C/C=C\C/C=C\CCC(=O)OCC(COP(=O)(O)OCC(O)COP(=O)(O)OCC(COC(=O)CCCCCCCCC/C=C\C/C=C\C/C=C\CC)OC(=O)CCCCCCC/C=C\CCCC)OC(=O)CCCCCCC/C=C\CCCCCC. The Kier molecular flexibility index (Phi) is 69.1. The molecule has 0 heterocycles. The highest BCUT2D eigenvalue weighted by Crippen LogP contribution is 2.45. The fourth-order valence-corrected chi connectivity index (χ4v) is 11.3. The molecule has 0 aliphatic rings. The summed E-state index contributed by atoms with van der Waals surface area (Å²) in [6.45, 7) is 4.47. The van der Waals surface area contributed by atoms with Crippen molar-refractivity contribution in [3.05, 3.63) is 134 Å². The van der Waals surface area contributed by atoms with Crippen LogP contribution in [0.5, 0.6) is 0 Å². The van der Waals surface area contributed by atoms with Crippen molar-refractivity contribution in [3.8, 4) is 0 Å². The molecular weight excluding hydrogens is 1310 g/mol. The number of esters is 4. The van der Waals surface area contributed by atoms with Crippen LogP contribution < -0.4 is 0 Å². The minimum Gasteiger partial charge on any atom is -0.462 e. The van der Waals surface area contributed by atoms with Gasteiger partial charge in [0.2, 0.25) is 0 Å². The normalized spacial score (nSPS) is 14.7.